The molecule has 32 heavy (non-hydrogen) atoms. The standard InChI is InChI=1S/C22H19ClF3N3O3/c23-16-5-7-18(8-6-16)29-13-27(11-20(29)31)19(30)12-28(17-9-10-17)21(32)14-1-3-15(4-2-14)22(24,25)26/h1-8,17H,9-13H2. The first kappa shape index (κ1) is 22.1. The molecule has 2 aromatic rings. The number of alkyl halides is 3. The molecule has 1 aliphatic heterocycles. The van der Waals surface area contributed by atoms with E-state index in [1.807, 2.05) is 0 Å². The number of rotatable bonds is 5. The number of carbonyl (C=O) groups is 3. The molecule has 1 heterocycles. The molecule has 0 radical (unpaired) electrons. The molecule has 1 aliphatic carbocycles. The van der Waals surface area contributed by atoms with Crippen LogP contribution < -0.4 is 4.90 Å². The first-order chi connectivity index (χ1) is 15.1. The highest BCUT2D eigenvalue weighted by Gasteiger charge is 2.38. The molecule has 10 heteroatoms. The Morgan fingerprint density at radius 3 is 2.22 bits per heavy atom. The van der Waals surface area contributed by atoms with Gasteiger partial charge in [-0.2, -0.15) is 13.2 Å². The van der Waals surface area contributed by atoms with Gasteiger partial charge in [-0.1, -0.05) is 11.6 Å². The number of benzene rings is 2. The van der Waals surface area contributed by atoms with E-state index < -0.39 is 23.6 Å². The summed E-state index contributed by atoms with van der Waals surface area (Å²) >= 11 is 5.88. The second-order valence-corrected chi connectivity index (χ2v) is 8.21. The van der Waals surface area contributed by atoms with Crippen molar-refractivity contribution in [3.8, 4) is 0 Å². The highest BCUT2D eigenvalue weighted by atomic mass is 35.5. The van der Waals surface area contributed by atoms with Crippen molar-refractivity contribution in [3.05, 3.63) is 64.7 Å². The minimum Gasteiger partial charge on any atom is -0.326 e. The lowest BCUT2D eigenvalue weighted by molar-refractivity contribution is -0.137. The molecule has 1 saturated carbocycles. The van der Waals surface area contributed by atoms with Gasteiger partial charge >= 0.3 is 6.18 Å². The van der Waals surface area contributed by atoms with Crippen LogP contribution in [-0.2, 0) is 15.8 Å². The molecule has 0 spiro atoms. The van der Waals surface area contributed by atoms with Crippen LogP contribution in [0.4, 0.5) is 18.9 Å². The van der Waals surface area contributed by atoms with E-state index >= 15 is 0 Å². The van der Waals surface area contributed by atoms with E-state index in [1.54, 1.807) is 24.3 Å². The number of carbonyl (C=O) groups excluding carboxylic acids is 3. The van der Waals surface area contributed by atoms with E-state index in [1.165, 1.54) is 14.7 Å². The van der Waals surface area contributed by atoms with Gasteiger partial charge < -0.3 is 9.80 Å². The van der Waals surface area contributed by atoms with E-state index in [-0.39, 0.29) is 37.3 Å². The summed E-state index contributed by atoms with van der Waals surface area (Å²) in [6.07, 6.45) is -3.06. The van der Waals surface area contributed by atoms with Crippen molar-refractivity contribution in [1.82, 2.24) is 9.80 Å². The Morgan fingerprint density at radius 1 is 1.03 bits per heavy atom. The number of halogens is 4. The topological polar surface area (TPSA) is 60.9 Å². The molecule has 0 bridgehead atoms. The number of anilines is 1. The second kappa shape index (κ2) is 8.46. The molecule has 0 N–H and O–H groups in total. The second-order valence-electron chi connectivity index (χ2n) is 7.77. The van der Waals surface area contributed by atoms with Crippen LogP contribution in [0.15, 0.2) is 48.5 Å². The Bertz CT molecular complexity index is 1040. The van der Waals surface area contributed by atoms with Gasteiger partial charge in [0, 0.05) is 22.3 Å². The van der Waals surface area contributed by atoms with Crippen LogP contribution in [0, 0.1) is 0 Å². The van der Waals surface area contributed by atoms with E-state index in [0.717, 1.165) is 37.1 Å². The molecule has 0 unspecified atom stereocenters. The Morgan fingerprint density at radius 2 is 1.66 bits per heavy atom. The van der Waals surface area contributed by atoms with Crippen molar-refractivity contribution >= 4 is 35.0 Å². The number of hydrogen-bond donors (Lipinski definition) is 0. The monoisotopic (exact) mass is 465 g/mol. The minimum atomic E-state index is -4.49. The van der Waals surface area contributed by atoms with Gasteiger partial charge in [-0.25, -0.2) is 0 Å². The molecule has 2 fully saturated rings. The highest BCUT2D eigenvalue weighted by molar-refractivity contribution is 6.30. The summed E-state index contributed by atoms with van der Waals surface area (Å²) in [6.45, 7) is -0.313. The molecule has 2 aliphatic rings. The van der Waals surface area contributed by atoms with Gasteiger partial charge in [-0.3, -0.25) is 19.3 Å². The summed E-state index contributed by atoms with van der Waals surface area (Å²) in [5, 5.41) is 0.523. The fraction of sp³-hybridized carbons (Fsp3) is 0.318. The zero-order chi connectivity index (χ0) is 23.0. The summed E-state index contributed by atoms with van der Waals surface area (Å²) in [4.78, 5) is 42.4. The zero-order valence-electron chi connectivity index (χ0n) is 16.8. The summed E-state index contributed by atoms with van der Waals surface area (Å²) in [5.41, 5.74) is -0.159. The molecule has 168 valence electrons. The van der Waals surface area contributed by atoms with Crippen molar-refractivity contribution in [2.45, 2.75) is 25.1 Å². The van der Waals surface area contributed by atoms with Crippen LogP contribution in [0.5, 0.6) is 0 Å². The molecule has 4 rings (SSSR count). The van der Waals surface area contributed by atoms with Gasteiger partial charge in [0.05, 0.1) is 5.56 Å². The summed E-state index contributed by atoms with van der Waals surface area (Å²) in [5.74, 6) is -1.16. The summed E-state index contributed by atoms with van der Waals surface area (Å²) in [7, 11) is 0. The van der Waals surface area contributed by atoms with Crippen molar-refractivity contribution < 1.29 is 27.6 Å². The smallest absolute Gasteiger partial charge is 0.326 e. The molecule has 2 aromatic carbocycles. The summed E-state index contributed by atoms with van der Waals surface area (Å²) in [6, 6.07) is 10.4. The Labute approximate surface area is 187 Å². The fourth-order valence-corrected chi connectivity index (χ4v) is 3.65. The van der Waals surface area contributed by atoms with Crippen LogP contribution in [0.25, 0.3) is 0 Å². The third-order valence-electron chi connectivity index (χ3n) is 5.44. The average Bonchev–Trinajstić information content (AvgIpc) is 3.52. The van der Waals surface area contributed by atoms with Gasteiger partial charge in [-0.15, -0.1) is 0 Å². The molecular weight excluding hydrogens is 447 g/mol. The fourth-order valence-electron chi connectivity index (χ4n) is 3.53. The van der Waals surface area contributed by atoms with Crippen LogP contribution in [-0.4, -0.2) is 53.3 Å². The van der Waals surface area contributed by atoms with Crippen molar-refractivity contribution in [1.29, 1.82) is 0 Å². The maximum absolute atomic E-state index is 12.9. The highest BCUT2D eigenvalue weighted by Crippen LogP contribution is 2.31. The maximum Gasteiger partial charge on any atom is 0.416 e. The lowest BCUT2D eigenvalue weighted by Gasteiger charge is -2.25. The van der Waals surface area contributed by atoms with Gasteiger partial charge in [0.15, 0.2) is 0 Å². The van der Waals surface area contributed by atoms with Crippen molar-refractivity contribution in [3.63, 3.8) is 0 Å². The van der Waals surface area contributed by atoms with Crippen molar-refractivity contribution in [2.24, 2.45) is 0 Å². The molecule has 1 saturated heterocycles. The third kappa shape index (κ3) is 4.72. The number of amides is 3. The molecule has 3 amide bonds. The minimum absolute atomic E-state index is 0.0479. The lowest BCUT2D eigenvalue weighted by Crippen LogP contribution is -2.43. The normalized spacial score (nSPS) is 16.4. The predicted octanol–water partition coefficient (Wildman–Crippen LogP) is 3.80. The maximum atomic E-state index is 12.9. The van der Waals surface area contributed by atoms with Gasteiger partial charge in [-0.05, 0) is 61.4 Å². The van der Waals surface area contributed by atoms with Crippen LogP contribution in [0.1, 0.15) is 28.8 Å². The molecule has 6 nitrogen and oxygen atoms in total. The Hall–Kier alpha value is -3.07. The Balaban J connectivity index is 1.44. The summed E-state index contributed by atoms with van der Waals surface area (Å²) < 4.78 is 38.4. The lowest BCUT2D eigenvalue weighted by atomic mass is 10.1. The van der Waals surface area contributed by atoms with E-state index in [2.05, 4.69) is 0 Å². The SMILES string of the molecule is O=C(CN(C(=O)c1ccc(C(F)(F)F)cc1)C1CC1)N1CC(=O)N(c2ccc(Cl)cc2)C1. The Kier molecular flexibility index (Phi) is 5.85. The van der Waals surface area contributed by atoms with E-state index in [4.69, 9.17) is 11.6 Å². The first-order valence-electron chi connectivity index (χ1n) is 9.95. The quantitative estimate of drug-likeness (QED) is 0.675. The molecular formula is C22H19ClF3N3O3. The first-order valence-corrected chi connectivity index (χ1v) is 10.3. The zero-order valence-corrected chi connectivity index (χ0v) is 17.6. The molecule has 0 aromatic heterocycles. The predicted molar refractivity (Wildman–Crippen MR) is 111 cm³/mol. The number of nitrogens with zero attached hydrogens (tertiary/aromatic N) is 3. The van der Waals surface area contributed by atoms with Crippen LogP contribution >= 0.6 is 11.6 Å². The van der Waals surface area contributed by atoms with Crippen LogP contribution in [0.2, 0.25) is 5.02 Å². The van der Waals surface area contributed by atoms with Gasteiger partial charge in [0.25, 0.3) is 5.91 Å². The van der Waals surface area contributed by atoms with E-state index in [9.17, 15) is 27.6 Å². The van der Waals surface area contributed by atoms with Crippen molar-refractivity contribution in [2.75, 3.05) is 24.7 Å². The van der Waals surface area contributed by atoms with Crippen LogP contribution in [0.3, 0.4) is 0 Å². The van der Waals surface area contributed by atoms with Gasteiger partial charge in [0.1, 0.15) is 19.8 Å². The third-order valence-corrected chi connectivity index (χ3v) is 5.70. The van der Waals surface area contributed by atoms with E-state index in [0.29, 0.717) is 10.7 Å². The molecule has 0 atom stereocenters. The number of hydrogen-bond acceptors (Lipinski definition) is 3. The van der Waals surface area contributed by atoms with Gasteiger partial charge in [0.2, 0.25) is 11.8 Å². The largest absolute Gasteiger partial charge is 0.416 e. The average molecular weight is 466 g/mol.